The number of ether oxygens (including phenoxy) is 1. The van der Waals surface area contributed by atoms with Gasteiger partial charge >= 0.3 is 6.09 Å². The van der Waals surface area contributed by atoms with Crippen LogP contribution in [0.25, 0.3) is 0 Å². The van der Waals surface area contributed by atoms with Crippen LogP contribution in [0.1, 0.15) is 15.9 Å². The average molecular weight is 228 g/mol. The lowest BCUT2D eigenvalue weighted by Gasteiger charge is -2.08. The van der Waals surface area contributed by atoms with Crippen LogP contribution in [0.2, 0.25) is 5.02 Å². The molecule has 0 atom stereocenters. The molecule has 1 N–H and O–H groups in total. The molecule has 5 heteroatoms. The van der Waals surface area contributed by atoms with E-state index < -0.39 is 6.09 Å². The van der Waals surface area contributed by atoms with Gasteiger partial charge in [0.1, 0.15) is 12.0 Å². The van der Waals surface area contributed by atoms with Gasteiger partial charge in [-0.2, -0.15) is 0 Å². The van der Waals surface area contributed by atoms with Crippen LogP contribution in [0.5, 0.6) is 5.75 Å². The highest BCUT2D eigenvalue weighted by Gasteiger charge is 2.09. The minimum absolute atomic E-state index is 0.281. The van der Waals surface area contributed by atoms with Gasteiger partial charge in [0.2, 0.25) is 0 Å². The van der Waals surface area contributed by atoms with E-state index in [2.05, 4.69) is 5.32 Å². The van der Waals surface area contributed by atoms with Gasteiger partial charge in [-0.25, -0.2) is 4.79 Å². The van der Waals surface area contributed by atoms with Gasteiger partial charge in [-0.3, -0.25) is 4.79 Å². The third kappa shape index (κ3) is 2.70. The molecule has 1 amide bonds. The van der Waals surface area contributed by atoms with Gasteiger partial charge in [0.05, 0.1) is 0 Å². The number of hydrogen-bond donors (Lipinski definition) is 1. The Balaban J connectivity index is 3.10. The lowest BCUT2D eigenvalue weighted by atomic mass is 10.1. The summed E-state index contributed by atoms with van der Waals surface area (Å²) in [6.45, 7) is 1.70. The first-order chi connectivity index (χ1) is 7.08. The SMILES string of the molecule is CNC(=O)Oc1cc(C=O)cc(Cl)c1C. The van der Waals surface area contributed by atoms with Crippen LogP contribution < -0.4 is 10.1 Å². The maximum absolute atomic E-state index is 11.0. The molecule has 0 saturated heterocycles. The van der Waals surface area contributed by atoms with Crippen molar-refractivity contribution in [2.24, 2.45) is 0 Å². The predicted molar refractivity (Wildman–Crippen MR) is 56.7 cm³/mol. The Morgan fingerprint density at radius 1 is 1.53 bits per heavy atom. The zero-order chi connectivity index (χ0) is 11.4. The molecule has 1 aromatic carbocycles. The van der Waals surface area contributed by atoms with Crippen LogP contribution in [0.3, 0.4) is 0 Å². The smallest absolute Gasteiger partial charge is 0.410 e. The minimum Gasteiger partial charge on any atom is -0.410 e. The zero-order valence-electron chi connectivity index (χ0n) is 8.33. The number of nitrogens with one attached hydrogen (secondary N) is 1. The van der Waals surface area contributed by atoms with E-state index in [-0.39, 0.29) is 5.75 Å². The van der Waals surface area contributed by atoms with Crippen molar-refractivity contribution in [2.45, 2.75) is 6.92 Å². The van der Waals surface area contributed by atoms with E-state index in [4.69, 9.17) is 16.3 Å². The van der Waals surface area contributed by atoms with E-state index in [0.29, 0.717) is 22.4 Å². The van der Waals surface area contributed by atoms with Gasteiger partial charge < -0.3 is 10.1 Å². The highest BCUT2D eigenvalue weighted by atomic mass is 35.5. The van der Waals surface area contributed by atoms with Crippen molar-refractivity contribution >= 4 is 24.0 Å². The molecule has 0 aromatic heterocycles. The van der Waals surface area contributed by atoms with Crippen LogP contribution in [-0.4, -0.2) is 19.4 Å². The molecule has 4 nitrogen and oxygen atoms in total. The van der Waals surface area contributed by atoms with Gasteiger partial charge in [-0.05, 0) is 19.1 Å². The van der Waals surface area contributed by atoms with E-state index in [1.165, 1.54) is 19.2 Å². The lowest BCUT2D eigenvalue weighted by Crippen LogP contribution is -2.22. The molecule has 0 fully saturated rings. The number of hydrogen-bond acceptors (Lipinski definition) is 3. The molecule has 80 valence electrons. The Morgan fingerprint density at radius 3 is 2.73 bits per heavy atom. The van der Waals surface area contributed by atoms with E-state index in [9.17, 15) is 9.59 Å². The first kappa shape index (κ1) is 11.5. The van der Waals surface area contributed by atoms with Gasteiger partial charge in [0.25, 0.3) is 0 Å². The maximum Gasteiger partial charge on any atom is 0.412 e. The van der Waals surface area contributed by atoms with E-state index >= 15 is 0 Å². The summed E-state index contributed by atoms with van der Waals surface area (Å²) in [5, 5.41) is 2.69. The summed E-state index contributed by atoms with van der Waals surface area (Å²) < 4.78 is 4.92. The second-order valence-electron chi connectivity index (χ2n) is 2.88. The van der Waals surface area contributed by atoms with Crippen molar-refractivity contribution in [2.75, 3.05) is 7.05 Å². The Labute approximate surface area is 92.2 Å². The summed E-state index contributed by atoms with van der Waals surface area (Å²) in [5.41, 5.74) is 0.982. The molecule has 0 aliphatic heterocycles. The number of amides is 1. The quantitative estimate of drug-likeness (QED) is 0.788. The number of rotatable bonds is 2. The van der Waals surface area contributed by atoms with Crippen molar-refractivity contribution in [1.82, 2.24) is 5.32 Å². The summed E-state index contributed by atoms with van der Waals surface area (Å²) in [4.78, 5) is 21.5. The molecule has 0 spiro atoms. The average Bonchev–Trinajstić information content (AvgIpc) is 2.24. The fourth-order valence-electron chi connectivity index (χ4n) is 0.999. The second-order valence-corrected chi connectivity index (χ2v) is 3.29. The maximum atomic E-state index is 11.0. The van der Waals surface area contributed by atoms with Crippen molar-refractivity contribution in [3.63, 3.8) is 0 Å². The molecule has 0 aliphatic rings. The fourth-order valence-corrected chi connectivity index (χ4v) is 1.22. The number of benzene rings is 1. The highest BCUT2D eigenvalue weighted by molar-refractivity contribution is 6.31. The Hall–Kier alpha value is -1.55. The number of halogens is 1. The van der Waals surface area contributed by atoms with E-state index in [1.807, 2.05) is 0 Å². The summed E-state index contributed by atoms with van der Waals surface area (Å²) >= 11 is 5.85. The number of aldehydes is 1. The van der Waals surface area contributed by atoms with Crippen LogP contribution in [0.15, 0.2) is 12.1 Å². The summed E-state index contributed by atoms with van der Waals surface area (Å²) in [5.74, 6) is 0.281. The topological polar surface area (TPSA) is 55.4 Å². The summed E-state index contributed by atoms with van der Waals surface area (Å²) in [6.07, 6.45) is 0.0411. The van der Waals surface area contributed by atoms with Crippen LogP contribution >= 0.6 is 11.6 Å². The van der Waals surface area contributed by atoms with Crippen LogP contribution in [0.4, 0.5) is 4.79 Å². The van der Waals surface area contributed by atoms with Gasteiger partial charge in [-0.15, -0.1) is 0 Å². The van der Waals surface area contributed by atoms with Gasteiger partial charge in [0.15, 0.2) is 0 Å². The molecule has 0 aliphatic carbocycles. The van der Waals surface area contributed by atoms with Crippen LogP contribution in [-0.2, 0) is 0 Å². The summed E-state index contributed by atoms with van der Waals surface area (Å²) in [6, 6.07) is 2.98. The minimum atomic E-state index is -0.600. The van der Waals surface area contributed by atoms with E-state index in [0.717, 1.165) is 0 Å². The second kappa shape index (κ2) is 4.79. The van der Waals surface area contributed by atoms with Crippen molar-refractivity contribution in [3.05, 3.63) is 28.3 Å². The molecule has 0 saturated carbocycles. The highest BCUT2D eigenvalue weighted by Crippen LogP contribution is 2.27. The Bertz CT molecular complexity index is 404. The van der Waals surface area contributed by atoms with Crippen molar-refractivity contribution in [3.8, 4) is 5.75 Å². The molecule has 0 heterocycles. The first-order valence-electron chi connectivity index (χ1n) is 4.23. The van der Waals surface area contributed by atoms with Gasteiger partial charge in [0, 0.05) is 23.2 Å². The summed E-state index contributed by atoms with van der Waals surface area (Å²) in [7, 11) is 1.45. The molecule has 1 aromatic rings. The Kier molecular flexibility index (Phi) is 3.68. The first-order valence-corrected chi connectivity index (χ1v) is 4.61. The standard InChI is InChI=1S/C10H10ClNO3/c1-6-8(11)3-7(5-13)4-9(6)15-10(14)12-2/h3-5H,1-2H3,(H,12,14). The molecular formula is C10H10ClNO3. The number of carbonyl (C=O) groups is 2. The fraction of sp³-hybridized carbons (Fsp3) is 0.200. The normalized spacial score (nSPS) is 9.53. The molecule has 0 unspecified atom stereocenters. The lowest BCUT2D eigenvalue weighted by molar-refractivity contribution is 0.112. The third-order valence-corrected chi connectivity index (χ3v) is 2.25. The van der Waals surface area contributed by atoms with Crippen LogP contribution in [0, 0.1) is 6.92 Å². The molecule has 0 radical (unpaired) electrons. The third-order valence-electron chi connectivity index (χ3n) is 1.86. The molecule has 1 rings (SSSR count). The van der Waals surface area contributed by atoms with E-state index in [1.54, 1.807) is 6.92 Å². The number of carbonyl (C=O) groups excluding carboxylic acids is 2. The molecule has 15 heavy (non-hydrogen) atoms. The molecule has 0 bridgehead atoms. The van der Waals surface area contributed by atoms with Gasteiger partial charge in [-0.1, -0.05) is 11.6 Å². The Morgan fingerprint density at radius 2 is 2.20 bits per heavy atom. The largest absolute Gasteiger partial charge is 0.412 e. The predicted octanol–water partition coefficient (Wildman–Crippen LogP) is 2.18. The zero-order valence-corrected chi connectivity index (χ0v) is 9.09. The monoisotopic (exact) mass is 227 g/mol. The van der Waals surface area contributed by atoms with Crippen molar-refractivity contribution < 1.29 is 14.3 Å². The molecular weight excluding hydrogens is 218 g/mol. The van der Waals surface area contributed by atoms with Crippen molar-refractivity contribution in [1.29, 1.82) is 0 Å².